The van der Waals surface area contributed by atoms with Gasteiger partial charge in [-0.05, 0) is 11.6 Å². The Kier molecular flexibility index (Phi) is 2.52. The van der Waals surface area contributed by atoms with Gasteiger partial charge in [0.25, 0.3) is 0 Å². The summed E-state index contributed by atoms with van der Waals surface area (Å²) >= 11 is 11.0. The van der Waals surface area contributed by atoms with Crippen molar-refractivity contribution in [3.63, 3.8) is 0 Å². The zero-order valence-electron chi connectivity index (χ0n) is 5.07. The van der Waals surface area contributed by atoms with E-state index in [9.17, 15) is 4.39 Å². The van der Waals surface area contributed by atoms with E-state index < -0.39 is 5.82 Å². The minimum absolute atomic E-state index is 0.123. The van der Waals surface area contributed by atoms with Crippen molar-refractivity contribution >= 4 is 23.2 Å². The second-order valence-corrected chi connectivity index (χ2v) is 2.49. The van der Waals surface area contributed by atoms with E-state index in [1.807, 2.05) is 0 Å². The number of hydrogen-bond donors (Lipinski definition) is 0. The second kappa shape index (κ2) is 3.22. The van der Waals surface area contributed by atoms with E-state index in [2.05, 4.69) is 0 Å². The van der Waals surface area contributed by atoms with E-state index in [1.165, 1.54) is 6.07 Å². The lowest BCUT2D eigenvalue weighted by atomic mass is 10.2. The van der Waals surface area contributed by atoms with Crippen molar-refractivity contribution in [1.82, 2.24) is 0 Å². The molecule has 0 radical (unpaired) electrons. The highest BCUT2D eigenvalue weighted by atomic mass is 35.5. The van der Waals surface area contributed by atoms with Crippen LogP contribution < -0.4 is 0 Å². The molecule has 0 fully saturated rings. The predicted molar refractivity (Wildman–Crippen MR) is 41.0 cm³/mol. The largest absolute Gasteiger partial charge is 0.205 e. The van der Waals surface area contributed by atoms with Crippen LogP contribution in [0.1, 0.15) is 5.56 Å². The van der Waals surface area contributed by atoms with Gasteiger partial charge in [0.1, 0.15) is 5.82 Å². The molecule has 0 saturated carbocycles. The van der Waals surface area contributed by atoms with Crippen LogP contribution in [0.2, 0.25) is 5.02 Å². The highest BCUT2D eigenvalue weighted by Gasteiger charge is 2.02. The third-order valence-corrected chi connectivity index (χ3v) is 1.89. The number of halogens is 3. The summed E-state index contributed by atoms with van der Waals surface area (Å²) in [5.74, 6) is -0.170. The number of hydrogen-bond acceptors (Lipinski definition) is 0. The van der Waals surface area contributed by atoms with Gasteiger partial charge in [-0.1, -0.05) is 23.7 Å². The smallest absolute Gasteiger partial charge is 0.142 e. The molecule has 54 valence electrons. The second-order valence-electron chi connectivity index (χ2n) is 1.85. The van der Waals surface area contributed by atoms with E-state index in [-0.39, 0.29) is 10.9 Å². The van der Waals surface area contributed by atoms with E-state index in [1.54, 1.807) is 12.1 Å². The molecule has 0 nitrogen and oxygen atoms in total. The fourth-order valence-electron chi connectivity index (χ4n) is 0.652. The van der Waals surface area contributed by atoms with Crippen LogP contribution in [0.15, 0.2) is 18.2 Å². The molecule has 0 atom stereocenters. The topological polar surface area (TPSA) is 0 Å². The van der Waals surface area contributed by atoms with E-state index in [4.69, 9.17) is 23.2 Å². The molecule has 0 saturated heterocycles. The van der Waals surface area contributed by atoms with Gasteiger partial charge in [0.05, 0.1) is 5.02 Å². The normalized spacial score (nSPS) is 9.90. The van der Waals surface area contributed by atoms with Crippen molar-refractivity contribution in [3.8, 4) is 0 Å². The summed E-state index contributed by atoms with van der Waals surface area (Å²) in [5, 5.41) is 0.123. The van der Waals surface area contributed by atoms with Crippen LogP contribution in [0.4, 0.5) is 4.39 Å². The molecule has 0 N–H and O–H groups in total. The molecule has 0 spiro atoms. The summed E-state index contributed by atoms with van der Waals surface area (Å²) in [6, 6.07) is 4.58. The summed E-state index contributed by atoms with van der Waals surface area (Å²) in [6.07, 6.45) is 0. The number of benzene rings is 1. The lowest BCUT2D eigenvalue weighted by molar-refractivity contribution is 0.627. The molecule has 0 aliphatic heterocycles. The SMILES string of the molecule is Fc1cccc(CCl)c1Cl. The molecule has 1 aromatic rings. The van der Waals surface area contributed by atoms with Crippen molar-refractivity contribution < 1.29 is 4.39 Å². The van der Waals surface area contributed by atoms with Gasteiger partial charge in [-0.2, -0.15) is 0 Å². The standard InChI is InChI=1S/C7H5Cl2F/c8-4-5-2-1-3-6(10)7(5)9/h1-3H,4H2. The van der Waals surface area contributed by atoms with Gasteiger partial charge in [0, 0.05) is 5.88 Å². The Morgan fingerprint density at radius 2 is 2.10 bits per heavy atom. The van der Waals surface area contributed by atoms with Gasteiger partial charge in [-0.25, -0.2) is 4.39 Å². The van der Waals surface area contributed by atoms with Crippen LogP contribution >= 0.6 is 23.2 Å². The van der Waals surface area contributed by atoms with Crippen LogP contribution in [-0.4, -0.2) is 0 Å². The lowest BCUT2D eigenvalue weighted by Gasteiger charge is -1.98. The Morgan fingerprint density at radius 3 is 2.60 bits per heavy atom. The lowest BCUT2D eigenvalue weighted by Crippen LogP contribution is -1.83. The molecule has 0 heterocycles. The highest BCUT2D eigenvalue weighted by Crippen LogP contribution is 2.20. The average molecular weight is 179 g/mol. The van der Waals surface area contributed by atoms with Gasteiger partial charge in [-0.15, -0.1) is 11.6 Å². The van der Waals surface area contributed by atoms with Crippen molar-refractivity contribution in [2.75, 3.05) is 0 Å². The third-order valence-electron chi connectivity index (χ3n) is 1.18. The minimum Gasteiger partial charge on any atom is -0.205 e. The van der Waals surface area contributed by atoms with Crippen molar-refractivity contribution in [1.29, 1.82) is 0 Å². The predicted octanol–water partition coefficient (Wildman–Crippen LogP) is 3.22. The minimum atomic E-state index is -0.417. The maximum absolute atomic E-state index is 12.6. The van der Waals surface area contributed by atoms with Gasteiger partial charge >= 0.3 is 0 Å². The zero-order chi connectivity index (χ0) is 7.56. The average Bonchev–Trinajstić information content (AvgIpc) is 1.95. The first-order valence-corrected chi connectivity index (χ1v) is 3.66. The molecule has 0 bridgehead atoms. The molecule has 3 heteroatoms. The molecule has 0 amide bonds. The number of rotatable bonds is 1. The Balaban J connectivity index is 3.14. The van der Waals surface area contributed by atoms with Crippen molar-refractivity contribution in [2.24, 2.45) is 0 Å². The van der Waals surface area contributed by atoms with Crippen LogP contribution in [0.25, 0.3) is 0 Å². The fraction of sp³-hybridized carbons (Fsp3) is 0.143. The van der Waals surface area contributed by atoms with E-state index >= 15 is 0 Å². The summed E-state index contributed by atoms with van der Waals surface area (Å²) < 4.78 is 12.6. The van der Waals surface area contributed by atoms with Crippen molar-refractivity contribution in [3.05, 3.63) is 34.6 Å². The van der Waals surface area contributed by atoms with Gasteiger partial charge < -0.3 is 0 Å². The fourth-order valence-corrected chi connectivity index (χ4v) is 1.14. The summed E-state index contributed by atoms with van der Waals surface area (Å²) in [4.78, 5) is 0. The highest BCUT2D eigenvalue weighted by molar-refractivity contribution is 6.32. The number of alkyl halides is 1. The first-order valence-electron chi connectivity index (χ1n) is 2.74. The van der Waals surface area contributed by atoms with Gasteiger partial charge in [-0.3, -0.25) is 0 Å². The first-order chi connectivity index (χ1) is 4.75. The Hall–Kier alpha value is -0.270. The molecular weight excluding hydrogens is 174 g/mol. The zero-order valence-corrected chi connectivity index (χ0v) is 6.58. The first kappa shape index (κ1) is 7.83. The molecule has 0 aromatic heterocycles. The van der Waals surface area contributed by atoms with Gasteiger partial charge in [0.15, 0.2) is 0 Å². The maximum Gasteiger partial charge on any atom is 0.142 e. The molecule has 1 rings (SSSR count). The Bertz CT molecular complexity index is 235. The molecule has 1 aromatic carbocycles. The molecule has 0 aliphatic rings. The van der Waals surface area contributed by atoms with Crippen LogP contribution in [0, 0.1) is 5.82 Å². The summed E-state index contributed by atoms with van der Waals surface area (Å²) in [5.41, 5.74) is 0.628. The summed E-state index contributed by atoms with van der Waals surface area (Å²) in [7, 11) is 0. The maximum atomic E-state index is 12.6. The van der Waals surface area contributed by atoms with Crippen LogP contribution in [-0.2, 0) is 5.88 Å². The van der Waals surface area contributed by atoms with Crippen molar-refractivity contribution in [2.45, 2.75) is 5.88 Å². The quantitative estimate of drug-likeness (QED) is 0.580. The molecule has 10 heavy (non-hydrogen) atoms. The van der Waals surface area contributed by atoms with Crippen LogP contribution in [0.3, 0.4) is 0 Å². The monoisotopic (exact) mass is 178 g/mol. The Labute approximate surface area is 68.6 Å². The Morgan fingerprint density at radius 1 is 1.40 bits per heavy atom. The molecule has 0 unspecified atom stereocenters. The van der Waals surface area contributed by atoms with Gasteiger partial charge in [0.2, 0.25) is 0 Å². The molecule has 0 aliphatic carbocycles. The summed E-state index contributed by atoms with van der Waals surface area (Å²) in [6.45, 7) is 0. The molecular formula is C7H5Cl2F. The van der Waals surface area contributed by atoms with E-state index in [0.29, 0.717) is 5.56 Å². The third kappa shape index (κ3) is 1.41. The van der Waals surface area contributed by atoms with E-state index in [0.717, 1.165) is 0 Å². The van der Waals surface area contributed by atoms with Crippen LogP contribution in [0.5, 0.6) is 0 Å².